The minimum atomic E-state index is -0.119. The largest absolute Gasteiger partial charge is 0.300 e. The normalized spacial score (nSPS) is 15.3. The number of allylic oxidation sites excluding steroid dienone is 3. The molecule has 0 fully saturated rings. The molecule has 2 heteroatoms. The molecule has 0 bridgehead atoms. The van der Waals surface area contributed by atoms with Crippen LogP contribution in [0.5, 0.6) is 0 Å². The Balaban J connectivity index is 1.89. The van der Waals surface area contributed by atoms with E-state index in [2.05, 4.69) is 86.2 Å². The van der Waals surface area contributed by atoms with Crippen molar-refractivity contribution in [2.45, 2.75) is 13.8 Å². The van der Waals surface area contributed by atoms with Gasteiger partial charge in [0.2, 0.25) is 0 Å². The fourth-order valence-electron chi connectivity index (χ4n) is 3.79. The van der Waals surface area contributed by atoms with E-state index in [9.17, 15) is 0 Å². The van der Waals surface area contributed by atoms with Crippen LogP contribution < -0.4 is 0 Å². The lowest BCUT2D eigenvalue weighted by Gasteiger charge is -2.15. The number of aliphatic imine (C=N–C) groups is 1. The molecule has 132 valence electrons. The van der Waals surface area contributed by atoms with Crippen LogP contribution in [0.25, 0.3) is 21.9 Å². The summed E-state index contributed by atoms with van der Waals surface area (Å²) in [5, 5.41) is 11.3. The van der Waals surface area contributed by atoms with Crippen molar-refractivity contribution < 1.29 is 0 Å². The molecular formula is C25H22N2. The lowest BCUT2D eigenvalue weighted by atomic mass is 9.89. The number of hydrogen-bond donors (Lipinski definition) is 1. The van der Waals surface area contributed by atoms with Crippen LogP contribution in [-0.2, 0) is 0 Å². The van der Waals surface area contributed by atoms with E-state index < -0.39 is 0 Å². The monoisotopic (exact) mass is 350 g/mol. The zero-order valence-corrected chi connectivity index (χ0v) is 15.7. The van der Waals surface area contributed by atoms with Crippen molar-refractivity contribution in [1.29, 1.82) is 5.41 Å². The SMILES string of the molecule is C=NC1=CC(C)(C)C=C1C(=N)c1ccccc1-c1cccc2ccccc12. The van der Waals surface area contributed by atoms with Crippen LogP contribution in [0.3, 0.4) is 0 Å². The molecule has 0 atom stereocenters. The maximum Gasteiger partial charge on any atom is 0.0709 e. The average Bonchev–Trinajstić information content (AvgIpc) is 3.01. The number of nitrogens with one attached hydrogen (secondary N) is 1. The Hall–Kier alpha value is -3.26. The van der Waals surface area contributed by atoms with Gasteiger partial charge in [0, 0.05) is 16.6 Å². The lowest BCUT2D eigenvalue weighted by molar-refractivity contribution is 0.634. The highest BCUT2D eigenvalue weighted by molar-refractivity contribution is 6.18. The third kappa shape index (κ3) is 3.04. The zero-order chi connectivity index (χ0) is 19.0. The van der Waals surface area contributed by atoms with Crippen LogP contribution in [0.1, 0.15) is 19.4 Å². The van der Waals surface area contributed by atoms with Gasteiger partial charge in [-0.1, -0.05) is 86.7 Å². The van der Waals surface area contributed by atoms with Crippen molar-refractivity contribution in [3.05, 3.63) is 95.7 Å². The molecule has 3 aromatic rings. The van der Waals surface area contributed by atoms with Crippen molar-refractivity contribution in [2.75, 3.05) is 0 Å². The number of fused-ring (bicyclic) bond motifs is 1. The molecule has 4 rings (SSSR count). The quantitative estimate of drug-likeness (QED) is 0.527. The van der Waals surface area contributed by atoms with Crippen molar-refractivity contribution in [1.82, 2.24) is 0 Å². The second-order valence-electron chi connectivity index (χ2n) is 7.51. The maximum atomic E-state index is 8.94. The number of nitrogens with zero attached hydrogens (tertiary/aromatic N) is 1. The highest BCUT2D eigenvalue weighted by Crippen LogP contribution is 2.38. The summed E-state index contributed by atoms with van der Waals surface area (Å²) in [5.74, 6) is 0. The molecule has 0 unspecified atom stereocenters. The van der Waals surface area contributed by atoms with E-state index in [4.69, 9.17) is 5.41 Å². The topological polar surface area (TPSA) is 36.2 Å². The molecule has 2 nitrogen and oxygen atoms in total. The van der Waals surface area contributed by atoms with Crippen LogP contribution in [0, 0.1) is 10.8 Å². The zero-order valence-electron chi connectivity index (χ0n) is 15.7. The summed E-state index contributed by atoms with van der Waals surface area (Å²) in [6, 6.07) is 22.8. The Morgan fingerprint density at radius 2 is 1.52 bits per heavy atom. The molecule has 0 aliphatic heterocycles. The second kappa shape index (κ2) is 6.48. The molecule has 0 heterocycles. The Labute approximate surface area is 160 Å². The van der Waals surface area contributed by atoms with E-state index >= 15 is 0 Å². The Morgan fingerprint density at radius 3 is 2.33 bits per heavy atom. The summed E-state index contributed by atoms with van der Waals surface area (Å²) in [6.45, 7) is 7.94. The molecular weight excluding hydrogens is 328 g/mol. The fourth-order valence-corrected chi connectivity index (χ4v) is 3.79. The van der Waals surface area contributed by atoms with E-state index in [0.29, 0.717) is 5.71 Å². The van der Waals surface area contributed by atoms with Crippen molar-refractivity contribution in [3.8, 4) is 11.1 Å². The lowest BCUT2D eigenvalue weighted by Crippen LogP contribution is -2.06. The van der Waals surface area contributed by atoms with Gasteiger partial charge >= 0.3 is 0 Å². The molecule has 0 radical (unpaired) electrons. The number of rotatable bonds is 4. The van der Waals surface area contributed by atoms with E-state index in [1.807, 2.05) is 18.2 Å². The Morgan fingerprint density at radius 1 is 0.852 bits per heavy atom. The van der Waals surface area contributed by atoms with Crippen LogP contribution in [0.15, 0.2) is 95.1 Å². The van der Waals surface area contributed by atoms with Crippen molar-refractivity contribution in [2.24, 2.45) is 10.4 Å². The highest BCUT2D eigenvalue weighted by atomic mass is 14.7. The maximum absolute atomic E-state index is 8.94. The predicted octanol–water partition coefficient (Wildman–Crippen LogP) is 6.43. The molecule has 0 aromatic heterocycles. The van der Waals surface area contributed by atoms with E-state index in [1.165, 1.54) is 10.8 Å². The van der Waals surface area contributed by atoms with Crippen molar-refractivity contribution >= 4 is 23.2 Å². The number of hydrogen-bond acceptors (Lipinski definition) is 2. The predicted molar refractivity (Wildman–Crippen MR) is 116 cm³/mol. The summed E-state index contributed by atoms with van der Waals surface area (Å²) < 4.78 is 0. The smallest absolute Gasteiger partial charge is 0.0709 e. The first-order valence-electron chi connectivity index (χ1n) is 9.09. The van der Waals surface area contributed by atoms with Crippen LogP contribution >= 0.6 is 0 Å². The summed E-state index contributed by atoms with van der Waals surface area (Å²) >= 11 is 0. The standard InChI is InChI=1S/C25H22N2/c1-25(2)15-22(23(16-25)27-3)24(26)21-13-7-6-12-20(21)19-14-8-10-17-9-4-5-11-18(17)19/h4-16,26H,3H2,1-2H3. The van der Waals surface area contributed by atoms with Crippen LogP contribution in [-0.4, -0.2) is 12.4 Å². The van der Waals surface area contributed by atoms with Gasteiger partial charge in [-0.15, -0.1) is 0 Å². The third-order valence-electron chi connectivity index (χ3n) is 5.02. The first kappa shape index (κ1) is 17.2. The molecule has 27 heavy (non-hydrogen) atoms. The average molecular weight is 350 g/mol. The molecule has 1 aliphatic carbocycles. The molecule has 1 N–H and O–H groups in total. The highest BCUT2D eigenvalue weighted by Gasteiger charge is 2.27. The minimum Gasteiger partial charge on any atom is -0.300 e. The summed E-state index contributed by atoms with van der Waals surface area (Å²) in [7, 11) is 0. The summed E-state index contributed by atoms with van der Waals surface area (Å²) in [6.07, 6.45) is 4.18. The second-order valence-corrected chi connectivity index (χ2v) is 7.51. The third-order valence-corrected chi connectivity index (χ3v) is 5.02. The Kier molecular flexibility index (Phi) is 4.12. The first-order chi connectivity index (χ1) is 13.0. The fraction of sp³-hybridized carbons (Fsp3) is 0.120. The summed E-state index contributed by atoms with van der Waals surface area (Å²) in [5.41, 5.74) is 5.12. The molecule has 0 saturated carbocycles. The van der Waals surface area contributed by atoms with Gasteiger partial charge < -0.3 is 0 Å². The van der Waals surface area contributed by atoms with Gasteiger partial charge in [0.05, 0.1) is 11.4 Å². The molecule has 3 aromatic carbocycles. The molecule has 0 saturated heterocycles. The van der Waals surface area contributed by atoms with Gasteiger partial charge in [0.15, 0.2) is 0 Å². The van der Waals surface area contributed by atoms with Crippen LogP contribution in [0.2, 0.25) is 0 Å². The van der Waals surface area contributed by atoms with Crippen molar-refractivity contribution in [3.63, 3.8) is 0 Å². The van der Waals surface area contributed by atoms with Gasteiger partial charge in [-0.3, -0.25) is 10.4 Å². The molecule has 1 aliphatic rings. The minimum absolute atomic E-state index is 0.119. The van der Waals surface area contributed by atoms with Gasteiger partial charge in [-0.05, 0) is 34.7 Å². The Bertz CT molecular complexity index is 1120. The molecule has 0 amide bonds. The van der Waals surface area contributed by atoms with Gasteiger partial charge in [-0.25, -0.2) is 0 Å². The summed E-state index contributed by atoms with van der Waals surface area (Å²) in [4.78, 5) is 4.17. The van der Waals surface area contributed by atoms with Gasteiger partial charge in [-0.2, -0.15) is 0 Å². The van der Waals surface area contributed by atoms with Gasteiger partial charge in [0.1, 0.15) is 0 Å². The molecule has 0 spiro atoms. The van der Waals surface area contributed by atoms with E-state index in [-0.39, 0.29) is 5.41 Å². The number of benzene rings is 3. The van der Waals surface area contributed by atoms with Gasteiger partial charge in [0.25, 0.3) is 0 Å². The van der Waals surface area contributed by atoms with E-state index in [0.717, 1.165) is 28.0 Å². The van der Waals surface area contributed by atoms with Crippen LogP contribution in [0.4, 0.5) is 0 Å². The first-order valence-corrected chi connectivity index (χ1v) is 9.09. The van der Waals surface area contributed by atoms with E-state index in [1.54, 1.807) is 0 Å².